The Balaban J connectivity index is 0.00000180. The molecule has 2 N–H and O–H groups in total. The summed E-state index contributed by atoms with van der Waals surface area (Å²) in [6.45, 7) is 2.03. The highest BCUT2D eigenvalue weighted by molar-refractivity contribution is 9.10. The first-order valence-corrected chi connectivity index (χ1v) is 6.28. The first kappa shape index (κ1) is 15.9. The normalized spacial score (nSPS) is 11.9. The van der Waals surface area contributed by atoms with Crippen molar-refractivity contribution >= 4 is 28.3 Å². The average Bonchev–Trinajstić information content (AvgIpc) is 2.81. The fourth-order valence-electron chi connectivity index (χ4n) is 1.41. The largest absolute Gasteiger partial charge is 0.334 e. The van der Waals surface area contributed by atoms with Crippen LogP contribution in [-0.2, 0) is 6.42 Å². The van der Waals surface area contributed by atoms with Gasteiger partial charge in [-0.25, -0.2) is 0 Å². The Hall–Kier alpha value is -1.18. The molecule has 6 nitrogen and oxygen atoms in total. The summed E-state index contributed by atoms with van der Waals surface area (Å²) < 4.78 is 5.59. The summed E-state index contributed by atoms with van der Waals surface area (Å²) in [4.78, 5) is 18.1. The third kappa shape index (κ3) is 3.89. The Kier molecular flexibility index (Phi) is 5.71. The van der Waals surface area contributed by atoms with E-state index in [-0.39, 0.29) is 24.0 Å². The van der Waals surface area contributed by atoms with Crippen LogP contribution in [-0.4, -0.2) is 28.2 Å². The number of pyridine rings is 1. The summed E-state index contributed by atoms with van der Waals surface area (Å²) >= 11 is 3.16. The van der Waals surface area contributed by atoms with Crippen LogP contribution in [0.25, 0.3) is 11.5 Å². The predicted molar refractivity (Wildman–Crippen MR) is 77.5 cm³/mol. The Labute approximate surface area is 124 Å². The van der Waals surface area contributed by atoms with Crippen LogP contribution in [0.15, 0.2) is 26.1 Å². The van der Waals surface area contributed by atoms with Gasteiger partial charge in [-0.3, -0.25) is 4.79 Å². The average molecular weight is 350 g/mol. The fraction of sp³-hybridized carbons (Fsp3) is 0.364. The molecule has 0 aliphatic rings. The van der Waals surface area contributed by atoms with Gasteiger partial charge in [0.25, 0.3) is 11.4 Å². The van der Waals surface area contributed by atoms with E-state index >= 15 is 0 Å². The molecule has 0 radical (unpaired) electrons. The van der Waals surface area contributed by atoms with E-state index in [1.54, 1.807) is 12.3 Å². The van der Waals surface area contributed by atoms with Crippen molar-refractivity contribution in [3.8, 4) is 11.5 Å². The van der Waals surface area contributed by atoms with Crippen LogP contribution < -0.4 is 10.9 Å². The van der Waals surface area contributed by atoms with E-state index < -0.39 is 0 Å². The van der Waals surface area contributed by atoms with Gasteiger partial charge in [0.1, 0.15) is 0 Å². The highest BCUT2D eigenvalue weighted by Crippen LogP contribution is 2.18. The molecular weight excluding hydrogens is 336 g/mol. The van der Waals surface area contributed by atoms with Gasteiger partial charge in [0.15, 0.2) is 5.82 Å². The zero-order valence-electron chi connectivity index (χ0n) is 10.4. The highest BCUT2D eigenvalue weighted by atomic mass is 79.9. The van der Waals surface area contributed by atoms with E-state index in [1.165, 1.54) is 0 Å². The molecule has 0 spiro atoms. The van der Waals surface area contributed by atoms with Crippen molar-refractivity contribution in [3.05, 3.63) is 32.9 Å². The zero-order valence-corrected chi connectivity index (χ0v) is 12.8. The number of nitrogens with one attached hydrogen (secondary N) is 2. The highest BCUT2D eigenvalue weighted by Gasteiger charge is 2.12. The number of rotatable bonds is 4. The lowest BCUT2D eigenvalue weighted by Crippen LogP contribution is -2.24. The molecule has 0 fully saturated rings. The first-order valence-electron chi connectivity index (χ1n) is 5.48. The quantitative estimate of drug-likeness (QED) is 0.879. The van der Waals surface area contributed by atoms with Gasteiger partial charge in [-0.1, -0.05) is 5.16 Å². The summed E-state index contributed by atoms with van der Waals surface area (Å²) in [5.74, 6) is 1.03. The number of aromatic nitrogens is 3. The van der Waals surface area contributed by atoms with Gasteiger partial charge < -0.3 is 14.8 Å². The molecule has 0 saturated carbocycles. The third-order valence-corrected chi connectivity index (χ3v) is 3.14. The lowest BCUT2D eigenvalue weighted by atomic mass is 10.2. The van der Waals surface area contributed by atoms with Crippen LogP contribution in [0.2, 0.25) is 0 Å². The number of likely N-dealkylation sites (N-methyl/N-ethyl adjacent to an activating group) is 1. The summed E-state index contributed by atoms with van der Waals surface area (Å²) in [7, 11) is 1.88. The van der Waals surface area contributed by atoms with Crippen LogP contribution in [0, 0.1) is 0 Å². The minimum atomic E-state index is -0.192. The fourth-order valence-corrected chi connectivity index (χ4v) is 1.77. The Morgan fingerprint density at radius 1 is 1.58 bits per heavy atom. The maximum absolute atomic E-state index is 11.2. The molecule has 0 aromatic carbocycles. The SMILES string of the molecule is CNC(C)Cc1noc(-c2c[nH]c(=O)c(Br)c2)n1.Cl. The molecule has 0 saturated heterocycles. The van der Waals surface area contributed by atoms with Gasteiger partial charge in [-0.15, -0.1) is 12.4 Å². The van der Waals surface area contributed by atoms with Crippen molar-refractivity contribution in [2.75, 3.05) is 7.05 Å². The minimum absolute atomic E-state index is 0. The van der Waals surface area contributed by atoms with E-state index in [2.05, 4.69) is 36.4 Å². The van der Waals surface area contributed by atoms with Crippen molar-refractivity contribution < 1.29 is 4.52 Å². The standard InChI is InChI=1S/C11H13BrN4O2.ClH/c1-6(13-2)3-9-15-11(18-16-9)7-4-8(12)10(17)14-5-7;/h4-6,13H,3H2,1-2H3,(H,14,17);1H. The Bertz CT molecular complexity index is 598. The lowest BCUT2D eigenvalue weighted by molar-refractivity contribution is 0.418. The molecule has 0 amide bonds. The number of hydrogen-bond acceptors (Lipinski definition) is 5. The van der Waals surface area contributed by atoms with Gasteiger partial charge in [0, 0.05) is 18.7 Å². The summed E-state index contributed by atoms with van der Waals surface area (Å²) in [6.07, 6.45) is 2.23. The molecule has 1 atom stereocenters. The van der Waals surface area contributed by atoms with Gasteiger partial charge in [-0.2, -0.15) is 4.98 Å². The predicted octanol–water partition coefficient (Wildman–Crippen LogP) is 1.76. The van der Waals surface area contributed by atoms with Crippen LogP contribution in [0.3, 0.4) is 0 Å². The molecule has 104 valence electrons. The van der Waals surface area contributed by atoms with Crippen molar-refractivity contribution in [2.24, 2.45) is 0 Å². The van der Waals surface area contributed by atoms with E-state index in [9.17, 15) is 4.79 Å². The number of nitrogens with zero attached hydrogens (tertiary/aromatic N) is 2. The van der Waals surface area contributed by atoms with E-state index in [0.717, 1.165) is 0 Å². The smallest absolute Gasteiger partial charge is 0.262 e. The monoisotopic (exact) mass is 348 g/mol. The summed E-state index contributed by atoms with van der Waals surface area (Å²) in [5, 5.41) is 7.00. The van der Waals surface area contributed by atoms with Crippen molar-refractivity contribution in [1.82, 2.24) is 20.4 Å². The topological polar surface area (TPSA) is 83.8 Å². The molecule has 2 rings (SSSR count). The molecule has 2 aromatic heterocycles. The maximum Gasteiger partial charge on any atom is 0.262 e. The Morgan fingerprint density at radius 3 is 2.95 bits per heavy atom. The van der Waals surface area contributed by atoms with Gasteiger partial charge in [0.05, 0.1) is 10.0 Å². The van der Waals surface area contributed by atoms with Gasteiger partial charge in [-0.05, 0) is 36.0 Å². The van der Waals surface area contributed by atoms with E-state index in [0.29, 0.717) is 28.2 Å². The van der Waals surface area contributed by atoms with Crippen LogP contribution >= 0.6 is 28.3 Å². The van der Waals surface area contributed by atoms with Crippen LogP contribution in [0.4, 0.5) is 0 Å². The van der Waals surface area contributed by atoms with Crippen molar-refractivity contribution in [1.29, 1.82) is 0 Å². The van der Waals surface area contributed by atoms with Crippen LogP contribution in [0.5, 0.6) is 0 Å². The number of halogens is 2. The lowest BCUT2D eigenvalue weighted by Gasteiger charge is -2.04. The number of hydrogen-bond donors (Lipinski definition) is 2. The third-order valence-electron chi connectivity index (χ3n) is 2.55. The molecule has 0 aliphatic carbocycles. The molecule has 19 heavy (non-hydrogen) atoms. The molecule has 0 bridgehead atoms. The van der Waals surface area contributed by atoms with Gasteiger partial charge in [0.2, 0.25) is 0 Å². The van der Waals surface area contributed by atoms with E-state index in [1.807, 2.05) is 14.0 Å². The van der Waals surface area contributed by atoms with E-state index in [4.69, 9.17) is 4.52 Å². The zero-order chi connectivity index (χ0) is 13.1. The molecule has 2 heterocycles. The second-order valence-electron chi connectivity index (χ2n) is 3.98. The number of H-pyrrole nitrogens is 1. The first-order chi connectivity index (χ1) is 8.60. The maximum atomic E-state index is 11.2. The van der Waals surface area contributed by atoms with Crippen LogP contribution in [0.1, 0.15) is 12.7 Å². The minimum Gasteiger partial charge on any atom is -0.334 e. The second kappa shape index (κ2) is 6.83. The molecule has 1 unspecified atom stereocenters. The van der Waals surface area contributed by atoms with Crippen molar-refractivity contribution in [3.63, 3.8) is 0 Å². The second-order valence-corrected chi connectivity index (χ2v) is 4.83. The Morgan fingerprint density at radius 2 is 2.32 bits per heavy atom. The molecule has 0 aliphatic heterocycles. The van der Waals surface area contributed by atoms with Gasteiger partial charge >= 0.3 is 0 Å². The molecule has 8 heteroatoms. The number of aromatic amines is 1. The van der Waals surface area contributed by atoms with Crippen molar-refractivity contribution in [2.45, 2.75) is 19.4 Å². The summed E-state index contributed by atoms with van der Waals surface area (Å²) in [6, 6.07) is 1.93. The molecule has 2 aromatic rings. The summed E-state index contributed by atoms with van der Waals surface area (Å²) in [5.41, 5.74) is 0.486. The molecular formula is C11H14BrClN4O2.